The molecule has 0 saturated carbocycles. The summed E-state index contributed by atoms with van der Waals surface area (Å²) in [5.41, 5.74) is 1.35. The summed E-state index contributed by atoms with van der Waals surface area (Å²) < 4.78 is 5.86. The lowest BCUT2D eigenvalue weighted by Crippen LogP contribution is -2.04. The smallest absolute Gasteiger partial charge is 0.0857 e. The molecular weight excluding hydrogens is 196 g/mol. The van der Waals surface area contributed by atoms with Gasteiger partial charge < -0.3 is 4.74 Å². The van der Waals surface area contributed by atoms with E-state index >= 15 is 0 Å². The van der Waals surface area contributed by atoms with E-state index in [1.807, 2.05) is 0 Å². The van der Waals surface area contributed by atoms with Crippen molar-refractivity contribution >= 4 is 10.8 Å². The molecule has 0 aromatic heterocycles. The Morgan fingerprint density at radius 2 is 1.88 bits per heavy atom. The second kappa shape index (κ2) is 3.91. The largest absolute Gasteiger partial charge is 0.373 e. The van der Waals surface area contributed by atoms with Crippen molar-refractivity contribution in [3.8, 4) is 0 Å². The zero-order valence-electron chi connectivity index (χ0n) is 9.52. The predicted molar refractivity (Wildman–Crippen MR) is 66.4 cm³/mol. The highest BCUT2D eigenvalue weighted by Crippen LogP contribution is 2.37. The molecule has 0 spiro atoms. The van der Waals surface area contributed by atoms with Gasteiger partial charge in [-0.05, 0) is 28.7 Å². The van der Waals surface area contributed by atoms with Crippen molar-refractivity contribution in [1.29, 1.82) is 0 Å². The van der Waals surface area contributed by atoms with Crippen LogP contribution in [0.3, 0.4) is 0 Å². The number of benzene rings is 2. The minimum Gasteiger partial charge on any atom is -0.373 e. The molecule has 1 aliphatic rings. The van der Waals surface area contributed by atoms with Crippen molar-refractivity contribution in [2.75, 3.05) is 6.61 Å². The molecule has 0 bridgehead atoms. The van der Waals surface area contributed by atoms with Gasteiger partial charge >= 0.3 is 0 Å². The average molecular weight is 212 g/mol. The Hall–Kier alpha value is -1.34. The van der Waals surface area contributed by atoms with Crippen LogP contribution in [0.2, 0.25) is 0 Å². The number of rotatable bonds is 1. The van der Waals surface area contributed by atoms with Crippen LogP contribution in [0.15, 0.2) is 42.5 Å². The monoisotopic (exact) mass is 212 g/mol. The molecule has 0 amide bonds. The van der Waals surface area contributed by atoms with E-state index in [0.717, 1.165) is 6.61 Å². The maximum atomic E-state index is 5.86. The Bertz CT molecular complexity index is 498. The van der Waals surface area contributed by atoms with Gasteiger partial charge in [-0.15, -0.1) is 0 Å². The molecule has 1 saturated heterocycles. The molecule has 1 fully saturated rings. The number of ether oxygens (including phenoxy) is 1. The maximum Gasteiger partial charge on any atom is 0.0857 e. The Morgan fingerprint density at radius 1 is 1.06 bits per heavy atom. The van der Waals surface area contributed by atoms with Crippen molar-refractivity contribution in [2.24, 2.45) is 5.92 Å². The van der Waals surface area contributed by atoms with Crippen LogP contribution in [0.25, 0.3) is 10.8 Å². The van der Waals surface area contributed by atoms with Gasteiger partial charge in [-0.1, -0.05) is 49.4 Å². The number of hydrogen-bond acceptors (Lipinski definition) is 1. The van der Waals surface area contributed by atoms with Crippen molar-refractivity contribution in [3.63, 3.8) is 0 Å². The quantitative estimate of drug-likeness (QED) is 0.695. The molecule has 0 N–H and O–H groups in total. The summed E-state index contributed by atoms with van der Waals surface area (Å²) >= 11 is 0. The summed E-state index contributed by atoms with van der Waals surface area (Å²) in [6, 6.07) is 15.0. The third-order valence-electron chi connectivity index (χ3n) is 3.52. The minimum absolute atomic E-state index is 0.283. The summed E-state index contributed by atoms with van der Waals surface area (Å²) in [5.74, 6) is 0.630. The van der Waals surface area contributed by atoms with Crippen LogP contribution in [0.4, 0.5) is 0 Å². The number of hydrogen-bond donors (Lipinski definition) is 0. The summed E-state index contributed by atoms with van der Waals surface area (Å²) in [7, 11) is 0. The lowest BCUT2D eigenvalue weighted by Gasteiger charge is -2.17. The van der Waals surface area contributed by atoms with Crippen molar-refractivity contribution in [3.05, 3.63) is 48.0 Å². The summed E-state index contributed by atoms with van der Waals surface area (Å²) in [6.07, 6.45) is 1.46. The first-order valence-electron chi connectivity index (χ1n) is 5.95. The van der Waals surface area contributed by atoms with Crippen LogP contribution >= 0.6 is 0 Å². The van der Waals surface area contributed by atoms with Gasteiger partial charge in [0.1, 0.15) is 0 Å². The van der Waals surface area contributed by atoms with E-state index in [0.29, 0.717) is 5.92 Å². The van der Waals surface area contributed by atoms with E-state index in [9.17, 15) is 0 Å². The summed E-state index contributed by atoms with van der Waals surface area (Å²) in [6.45, 7) is 3.18. The first kappa shape index (κ1) is 9.86. The average Bonchev–Trinajstić information content (AvgIpc) is 2.75. The topological polar surface area (TPSA) is 9.23 Å². The summed E-state index contributed by atoms with van der Waals surface area (Å²) in [5, 5.41) is 2.64. The van der Waals surface area contributed by atoms with Crippen LogP contribution in [0.1, 0.15) is 25.0 Å². The van der Waals surface area contributed by atoms with E-state index < -0.39 is 0 Å². The molecular formula is C15H16O. The van der Waals surface area contributed by atoms with Crippen LogP contribution in [-0.2, 0) is 4.74 Å². The lowest BCUT2D eigenvalue weighted by atomic mass is 9.93. The molecule has 1 heteroatoms. The van der Waals surface area contributed by atoms with Gasteiger partial charge in [0.25, 0.3) is 0 Å². The highest BCUT2D eigenvalue weighted by Gasteiger charge is 2.26. The van der Waals surface area contributed by atoms with Crippen LogP contribution in [-0.4, -0.2) is 6.61 Å². The fourth-order valence-electron chi connectivity index (χ4n) is 2.59. The molecule has 1 aliphatic heterocycles. The van der Waals surface area contributed by atoms with Crippen molar-refractivity contribution < 1.29 is 4.74 Å². The lowest BCUT2D eigenvalue weighted by molar-refractivity contribution is 0.0957. The third kappa shape index (κ3) is 1.52. The van der Waals surface area contributed by atoms with E-state index in [1.165, 1.54) is 22.8 Å². The van der Waals surface area contributed by atoms with Crippen molar-refractivity contribution in [1.82, 2.24) is 0 Å². The minimum atomic E-state index is 0.283. The highest BCUT2D eigenvalue weighted by atomic mass is 16.5. The molecule has 3 rings (SSSR count). The Balaban J connectivity index is 2.16. The third-order valence-corrected chi connectivity index (χ3v) is 3.52. The van der Waals surface area contributed by atoms with Crippen LogP contribution in [0.5, 0.6) is 0 Å². The number of fused-ring (bicyclic) bond motifs is 1. The van der Waals surface area contributed by atoms with Gasteiger partial charge in [-0.2, -0.15) is 0 Å². The van der Waals surface area contributed by atoms with E-state index in [-0.39, 0.29) is 6.10 Å². The van der Waals surface area contributed by atoms with E-state index in [4.69, 9.17) is 4.74 Å². The van der Waals surface area contributed by atoms with Gasteiger partial charge in [-0.25, -0.2) is 0 Å². The first-order valence-corrected chi connectivity index (χ1v) is 5.95. The molecule has 1 heterocycles. The Morgan fingerprint density at radius 3 is 2.69 bits per heavy atom. The summed E-state index contributed by atoms with van der Waals surface area (Å²) in [4.78, 5) is 0. The molecule has 16 heavy (non-hydrogen) atoms. The van der Waals surface area contributed by atoms with Gasteiger partial charge in [0, 0.05) is 6.61 Å². The molecule has 0 aliphatic carbocycles. The Kier molecular flexibility index (Phi) is 2.41. The maximum absolute atomic E-state index is 5.86. The molecule has 2 aromatic rings. The Labute approximate surface area is 96.0 Å². The van der Waals surface area contributed by atoms with Crippen LogP contribution < -0.4 is 0 Å². The second-order valence-corrected chi connectivity index (χ2v) is 4.63. The van der Waals surface area contributed by atoms with Gasteiger partial charge in [0.05, 0.1) is 6.10 Å². The molecule has 1 nitrogen and oxygen atoms in total. The van der Waals surface area contributed by atoms with Crippen LogP contribution in [0, 0.1) is 5.92 Å². The highest BCUT2D eigenvalue weighted by molar-refractivity contribution is 5.86. The fraction of sp³-hybridized carbons (Fsp3) is 0.333. The van der Waals surface area contributed by atoms with Gasteiger partial charge in [0.15, 0.2) is 0 Å². The standard InChI is InChI=1S/C15H16O/c1-11-9-10-16-15(11)14-8-4-6-12-5-2-3-7-13(12)14/h2-8,11,15H,9-10H2,1H3/t11-,15-/m0/s1. The molecule has 0 unspecified atom stereocenters. The molecule has 2 aromatic carbocycles. The van der Waals surface area contributed by atoms with Gasteiger partial charge in [0.2, 0.25) is 0 Å². The molecule has 82 valence electrons. The second-order valence-electron chi connectivity index (χ2n) is 4.63. The zero-order chi connectivity index (χ0) is 11.0. The fourth-order valence-corrected chi connectivity index (χ4v) is 2.59. The predicted octanol–water partition coefficient (Wildman–Crippen LogP) is 3.94. The first-order chi connectivity index (χ1) is 7.86. The van der Waals surface area contributed by atoms with Gasteiger partial charge in [-0.3, -0.25) is 0 Å². The normalized spacial score (nSPS) is 25.1. The van der Waals surface area contributed by atoms with E-state index in [2.05, 4.69) is 49.4 Å². The van der Waals surface area contributed by atoms with Crippen molar-refractivity contribution in [2.45, 2.75) is 19.4 Å². The molecule has 2 atom stereocenters. The zero-order valence-corrected chi connectivity index (χ0v) is 9.52. The van der Waals surface area contributed by atoms with E-state index in [1.54, 1.807) is 0 Å². The molecule has 0 radical (unpaired) electrons. The SMILES string of the molecule is C[C@H]1CCO[C@@H]1c1cccc2ccccc12.